The molecule has 1 amide bonds. The number of carbonyl (C=O) groups is 1. The maximum absolute atomic E-state index is 10.9. The van der Waals surface area contributed by atoms with Crippen molar-refractivity contribution in [2.24, 2.45) is 0 Å². The van der Waals surface area contributed by atoms with Crippen LogP contribution in [0.1, 0.15) is 13.8 Å². The number of aliphatic hydroxyl groups excluding tert-OH is 1. The summed E-state index contributed by atoms with van der Waals surface area (Å²) in [4.78, 5) is 10.9. The molecule has 18 heavy (non-hydrogen) atoms. The standard InChI is InChI=1S/C13H20N2O3/c1-3-14-8-12(17)9-18-13-6-4-5-11(7-13)15-10(2)16/h4-7,12,14,17H,3,8-9H2,1-2H3,(H,15,16). The Morgan fingerprint density at radius 3 is 2.94 bits per heavy atom. The number of benzene rings is 1. The Kier molecular flexibility index (Phi) is 6.18. The second kappa shape index (κ2) is 7.68. The van der Waals surface area contributed by atoms with Gasteiger partial charge in [0.05, 0.1) is 0 Å². The molecule has 5 heteroatoms. The zero-order chi connectivity index (χ0) is 13.4. The van der Waals surface area contributed by atoms with Crippen LogP contribution in [0.3, 0.4) is 0 Å². The van der Waals surface area contributed by atoms with E-state index in [9.17, 15) is 9.90 Å². The van der Waals surface area contributed by atoms with Crippen molar-refractivity contribution in [3.63, 3.8) is 0 Å². The first-order valence-corrected chi connectivity index (χ1v) is 6.01. The predicted octanol–water partition coefficient (Wildman–Crippen LogP) is 0.994. The number of hydrogen-bond acceptors (Lipinski definition) is 4. The fourth-order valence-electron chi connectivity index (χ4n) is 1.43. The second-order valence-corrected chi connectivity index (χ2v) is 3.98. The lowest BCUT2D eigenvalue weighted by Crippen LogP contribution is -2.31. The fraction of sp³-hybridized carbons (Fsp3) is 0.462. The van der Waals surface area contributed by atoms with E-state index in [1.54, 1.807) is 24.3 Å². The molecule has 0 spiro atoms. The molecule has 3 N–H and O–H groups in total. The monoisotopic (exact) mass is 252 g/mol. The number of likely N-dealkylation sites (N-methyl/N-ethyl adjacent to an activating group) is 1. The first-order valence-electron chi connectivity index (χ1n) is 6.01. The smallest absolute Gasteiger partial charge is 0.221 e. The average molecular weight is 252 g/mol. The Hall–Kier alpha value is -1.59. The lowest BCUT2D eigenvalue weighted by Gasteiger charge is -2.13. The molecule has 0 fully saturated rings. The molecular formula is C13H20N2O3. The SMILES string of the molecule is CCNCC(O)COc1cccc(NC(C)=O)c1. The van der Waals surface area contributed by atoms with Gasteiger partial charge in [0.1, 0.15) is 18.5 Å². The number of hydrogen-bond donors (Lipinski definition) is 3. The maximum Gasteiger partial charge on any atom is 0.221 e. The predicted molar refractivity (Wildman–Crippen MR) is 70.8 cm³/mol. The zero-order valence-electron chi connectivity index (χ0n) is 10.8. The van der Waals surface area contributed by atoms with Crippen molar-refractivity contribution in [1.82, 2.24) is 5.32 Å². The molecule has 1 unspecified atom stereocenters. The average Bonchev–Trinajstić information content (AvgIpc) is 2.33. The van der Waals surface area contributed by atoms with Gasteiger partial charge in [-0.3, -0.25) is 4.79 Å². The Balaban J connectivity index is 2.44. The third-order valence-electron chi connectivity index (χ3n) is 2.23. The van der Waals surface area contributed by atoms with Crippen LogP contribution in [-0.4, -0.2) is 36.8 Å². The van der Waals surface area contributed by atoms with Gasteiger partial charge in [-0.25, -0.2) is 0 Å². The molecule has 5 nitrogen and oxygen atoms in total. The number of carbonyl (C=O) groups excluding carboxylic acids is 1. The highest BCUT2D eigenvalue weighted by atomic mass is 16.5. The number of ether oxygens (including phenoxy) is 1. The Bertz CT molecular complexity index is 382. The summed E-state index contributed by atoms with van der Waals surface area (Å²) < 4.78 is 5.45. The summed E-state index contributed by atoms with van der Waals surface area (Å²) in [6.07, 6.45) is -0.547. The van der Waals surface area contributed by atoms with Crippen molar-refractivity contribution in [2.75, 3.05) is 25.0 Å². The van der Waals surface area contributed by atoms with Gasteiger partial charge in [-0.1, -0.05) is 13.0 Å². The Morgan fingerprint density at radius 1 is 1.50 bits per heavy atom. The van der Waals surface area contributed by atoms with E-state index in [2.05, 4.69) is 10.6 Å². The van der Waals surface area contributed by atoms with E-state index >= 15 is 0 Å². The molecule has 0 saturated carbocycles. The Morgan fingerprint density at radius 2 is 2.28 bits per heavy atom. The van der Waals surface area contributed by atoms with Crippen molar-refractivity contribution in [3.8, 4) is 5.75 Å². The molecule has 1 atom stereocenters. The fourth-order valence-corrected chi connectivity index (χ4v) is 1.43. The summed E-state index contributed by atoms with van der Waals surface area (Å²) >= 11 is 0. The zero-order valence-corrected chi connectivity index (χ0v) is 10.8. The lowest BCUT2D eigenvalue weighted by molar-refractivity contribution is -0.114. The van der Waals surface area contributed by atoms with Gasteiger partial charge in [-0.05, 0) is 18.7 Å². The minimum absolute atomic E-state index is 0.126. The van der Waals surface area contributed by atoms with E-state index < -0.39 is 6.10 Å². The van der Waals surface area contributed by atoms with Crippen molar-refractivity contribution < 1.29 is 14.6 Å². The molecule has 0 bridgehead atoms. The van der Waals surface area contributed by atoms with Crippen LogP contribution in [-0.2, 0) is 4.79 Å². The van der Waals surface area contributed by atoms with Crippen LogP contribution >= 0.6 is 0 Å². The molecule has 0 aromatic heterocycles. The summed E-state index contributed by atoms with van der Waals surface area (Å²) in [7, 11) is 0. The van der Waals surface area contributed by atoms with Crippen LogP contribution in [0.4, 0.5) is 5.69 Å². The maximum atomic E-state index is 10.9. The molecule has 0 radical (unpaired) electrons. The number of nitrogens with one attached hydrogen (secondary N) is 2. The van der Waals surface area contributed by atoms with E-state index in [0.717, 1.165) is 6.54 Å². The normalized spacial score (nSPS) is 11.9. The van der Waals surface area contributed by atoms with Gasteiger partial charge in [0.2, 0.25) is 5.91 Å². The van der Waals surface area contributed by atoms with Gasteiger partial charge in [-0.15, -0.1) is 0 Å². The molecule has 0 aliphatic rings. The molecule has 0 saturated heterocycles. The minimum Gasteiger partial charge on any atom is -0.491 e. The highest BCUT2D eigenvalue weighted by molar-refractivity contribution is 5.88. The van der Waals surface area contributed by atoms with Crippen molar-refractivity contribution in [1.29, 1.82) is 0 Å². The van der Waals surface area contributed by atoms with Crippen LogP contribution in [0.15, 0.2) is 24.3 Å². The first kappa shape index (κ1) is 14.5. The molecule has 1 aromatic carbocycles. The van der Waals surface area contributed by atoms with E-state index in [4.69, 9.17) is 4.74 Å². The van der Waals surface area contributed by atoms with Crippen LogP contribution in [0, 0.1) is 0 Å². The lowest BCUT2D eigenvalue weighted by atomic mass is 10.3. The number of anilines is 1. The molecule has 1 rings (SSSR count). The molecule has 1 aromatic rings. The topological polar surface area (TPSA) is 70.6 Å². The van der Waals surface area contributed by atoms with E-state index in [-0.39, 0.29) is 12.5 Å². The highest BCUT2D eigenvalue weighted by Gasteiger charge is 2.05. The van der Waals surface area contributed by atoms with Crippen LogP contribution in [0.2, 0.25) is 0 Å². The summed E-state index contributed by atoms with van der Waals surface area (Å²) in [5.74, 6) is 0.496. The quantitative estimate of drug-likeness (QED) is 0.677. The molecule has 100 valence electrons. The van der Waals surface area contributed by atoms with Gasteiger partial charge in [0.25, 0.3) is 0 Å². The Labute approximate surface area is 107 Å². The molecule has 0 heterocycles. The van der Waals surface area contributed by atoms with Gasteiger partial charge in [0.15, 0.2) is 0 Å². The van der Waals surface area contributed by atoms with E-state index in [0.29, 0.717) is 18.0 Å². The summed E-state index contributed by atoms with van der Waals surface area (Å²) in [5.41, 5.74) is 0.682. The third kappa shape index (κ3) is 5.65. The summed E-state index contributed by atoms with van der Waals surface area (Å²) in [5, 5.41) is 15.3. The van der Waals surface area contributed by atoms with E-state index in [1.165, 1.54) is 6.92 Å². The summed E-state index contributed by atoms with van der Waals surface area (Å²) in [6, 6.07) is 7.08. The number of amides is 1. The van der Waals surface area contributed by atoms with Crippen molar-refractivity contribution in [3.05, 3.63) is 24.3 Å². The molecule has 0 aliphatic heterocycles. The first-order chi connectivity index (χ1) is 8.61. The number of aliphatic hydroxyl groups is 1. The van der Waals surface area contributed by atoms with Crippen LogP contribution < -0.4 is 15.4 Å². The third-order valence-corrected chi connectivity index (χ3v) is 2.23. The van der Waals surface area contributed by atoms with Crippen molar-refractivity contribution >= 4 is 11.6 Å². The van der Waals surface area contributed by atoms with Gasteiger partial charge < -0.3 is 20.5 Å². The number of rotatable bonds is 7. The van der Waals surface area contributed by atoms with Crippen molar-refractivity contribution in [2.45, 2.75) is 20.0 Å². The molecule has 0 aliphatic carbocycles. The van der Waals surface area contributed by atoms with E-state index in [1.807, 2.05) is 6.92 Å². The second-order valence-electron chi connectivity index (χ2n) is 3.98. The minimum atomic E-state index is -0.547. The van der Waals surface area contributed by atoms with Crippen LogP contribution in [0.5, 0.6) is 5.75 Å². The molecular weight excluding hydrogens is 232 g/mol. The summed E-state index contributed by atoms with van der Waals surface area (Å²) in [6.45, 7) is 4.96. The largest absolute Gasteiger partial charge is 0.491 e. The van der Waals surface area contributed by atoms with Gasteiger partial charge in [0, 0.05) is 25.2 Å². The van der Waals surface area contributed by atoms with Crippen LogP contribution in [0.25, 0.3) is 0 Å². The van der Waals surface area contributed by atoms with Gasteiger partial charge in [-0.2, -0.15) is 0 Å². The van der Waals surface area contributed by atoms with Gasteiger partial charge >= 0.3 is 0 Å². The highest BCUT2D eigenvalue weighted by Crippen LogP contribution is 2.17.